The zero-order valence-corrected chi connectivity index (χ0v) is 16.0. The summed E-state index contributed by atoms with van der Waals surface area (Å²) >= 11 is 0. The van der Waals surface area contributed by atoms with Gasteiger partial charge in [-0.15, -0.1) is 0 Å². The normalized spacial score (nSPS) is 20.8. The van der Waals surface area contributed by atoms with Crippen LogP contribution in [0.3, 0.4) is 0 Å². The first-order valence-corrected chi connectivity index (χ1v) is 7.33. The van der Waals surface area contributed by atoms with E-state index in [1.54, 1.807) is 30.3 Å². The monoisotopic (exact) mass is 352 g/mol. The molecule has 1 aliphatic heterocycles. The summed E-state index contributed by atoms with van der Waals surface area (Å²) in [6, 6.07) is 8.78. The molecule has 1 aliphatic rings. The molecule has 1 aromatic carbocycles. The van der Waals surface area contributed by atoms with Crippen LogP contribution in [0.1, 0.15) is 5.56 Å². The van der Waals surface area contributed by atoms with Crippen LogP contribution >= 0.6 is 0 Å². The van der Waals surface area contributed by atoms with Crippen LogP contribution in [0.5, 0.6) is 0 Å². The molecule has 0 bridgehead atoms. The Kier molecular flexibility index (Phi) is 6.71. The fourth-order valence-electron chi connectivity index (χ4n) is 1.98. The predicted molar refractivity (Wildman–Crippen MR) is 69.4 cm³/mol. The van der Waals surface area contributed by atoms with Crippen LogP contribution in [0, 0.1) is 0 Å². The molecule has 22 heavy (non-hydrogen) atoms. The van der Waals surface area contributed by atoms with Gasteiger partial charge in [0.25, 0.3) is 5.91 Å². The van der Waals surface area contributed by atoms with Crippen LogP contribution in [0.25, 0.3) is 0 Å². The molecule has 114 valence electrons. The zero-order valence-electron chi connectivity index (χ0n) is 12.1. The Hall–Kier alpha value is -0.334. The van der Waals surface area contributed by atoms with Crippen LogP contribution in [0.15, 0.2) is 30.3 Å². The van der Waals surface area contributed by atoms with Gasteiger partial charge in [0.05, 0.1) is 13.0 Å². The van der Waals surface area contributed by atoms with Gasteiger partial charge in [-0.3, -0.25) is 9.59 Å². The maximum absolute atomic E-state index is 11.9. The fraction of sp³-hybridized carbons (Fsp3) is 0.333. The minimum atomic E-state index is -4.89. The fourth-order valence-corrected chi connectivity index (χ4v) is 2.67. The number of rotatable bonds is 5. The Morgan fingerprint density at radius 2 is 2.00 bits per heavy atom. The summed E-state index contributed by atoms with van der Waals surface area (Å²) in [6.45, 7) is -0.533. The first-order valence-electron chi connectivity index (χ1n) is 5.96. The average molecular weight is 352 g/mol. The number of carbonyl (C=O) groups excluding carboxylic acids is 2. The van der Waals surface area contributed by atoms with Crippen molar-refractivity contribution in [1.29, 1.82) is 0 Å². The number of hydrogen-bond donors (Lipinski definition) is 1. The van der Waals surface area contributed by atoms with Crippen molar-refractivity contribution in [2.24, 2.45) is 0 Å². The molecular formula is C12H13KN2O6S. The van der Waals surface area contributed by atoms with Gasteiger partial charge >= 0.3 is 51.4 Å². The van der Waals surface area contributed by atoms with Gasteiger partial charge in [-0.05, 0) is 5.56 Å². The van der Waals surface area contributed by atoms with Crippen molar-refractivity contribution in [3.63, 3.8) is 0 Å². The molecule has 2 rings (SSSR count). The van der Waals surface area contributed by atoms with Crippen molar-refractivity contribution in [3.8, 4) is 0 Å². The van der Waals surface area contributed by atoms with Crippen molar-refractivity contribution in [1.82, 2.24) is 9.62 Å². The Bertz CT molecular complexity index is 665. The summed E-state index contributed by atoms with van der Waals surface area (Å²) in [5.74, 6) is -1.61. The Morgan fingerprint density at radius 1 is 1.41 bits per heavy atom. The molecular weight excluding hydrogens is 339 g/mol. The van der Waals surface area contributed by atoms with Crippen LogP contribution < -0.4 is 56.7 Å². The van der Waals surface area contributed by atoms with Gasteiger partial charge in [0.15, 0.2) is 10.3 Å². The number of amides is 2. The number of benzene rings is 1. The molecule has 1 aromatic rings. The Labute approximate surface area is 170 Å². The molecule has 1 saturated heterocycles. The van der Waals surface area contributed by atoms with Crippen LogP contribution in [-0.4, -0.2) is 48.5 Å². The van der Waals surface area contributed by atoms with E-state index in [0.29, 0.717) is 0 Å². The van der Waals surface area contributed by atoms with Gasteiger partial charge in [0.1, 0.15) is 0 Å². The van der Waals surface area contributed by atoms with Gasteiger partial charge in [-0.25, -0.2) is 12.7 Å². The van der Waals surface area contributed by atoms with Crippen molar-refractivity contribution >= 4 is 22.1 Å². The smallest absolute Gasteiger partial charge is 0.731 e. The standard InChI is InChI=1S/C12H14N2O6S.K/c1-20-12(8-14(11(12)16)21(17,18)19)13-10(15)7-9-5-3-2-4-6-9;/h2-6H,7-8H2,1H3,(H,13,15)(H,17,18,19);/q;+1/p-1. The van der Waals surface area contributed by atoms with Gasteiger partial charge < -0.3 is 14.6 Å². The van der Waals surface area contributed by atoms with Crippen molar-refractivity contribution in [2.45, 2.75) is 12.1 Å². The quantitative estimate of drug-likeness (QED) is 0.250. The molecule has 2 amide bonds. The first kappa shape index (κ1) is 19.7. The van der Waals surface area contributed by atoms with Crippen LogP contribution in [-0.2, 0) is 31.1 Å². The molecule has 1 N–H and O–H groups in total. The molecule has 0 spiro atoms. The Morgan fingerprint density at radius 3 is 2.45 bits per heavy atom. The molecule has 1 fully saturated rings. The van der Waals surface area contributed by atoms with E-state index in [1.165, 1.54) is 0 Å². The molecule has 1 heterocycles. The average Bonchev–Trinajstić information content (AvgIpc) is 2.42. The van der Waals surface area contributed by atoms with E-state index in [0.717, 1.165) is 12.7 Å². The van der Waals surface area contributed by atoms with E-state index in [1.807, 2.05) is 0 Å². The van der Waals surface area contributed by atoms with Gasteiger partial charge in [-0.1, -0.05) is 30.3 Å². The van der Waals surface area contributed by atoms with E-state index in [-0.39, 0.29) is 62.1 Å². The number of carbonyl (C=O) groups is 2. The number of β-lactam (4-membered cyclic amide) rings is 1. The first-order chi connectivity index (χ1) is 9.78. The maximum Gasteiger partial charge on any atom is 1.00 e. The molecule has 10 heteroatoms. The summed E-state index contributed by atoms with van der Waals surface area (Å²) in [4.78, 5) is 23.6. The van der Waals surface area contributed by atoms with Crippen LogP contribution in [0.4, 0.5) is 0 Å². The molecule has 1 unspecified atom stereocenters. The second kappa shape index (κ2) is 7.49. The van der Waals surface area contributed by atoms with E-state index in [2.05, 4.69) is 5.32 Å². The van der Waals surface area contributed by atoms with E-state index in [9.17, 15) is 22.6 Å². The van der Waals surface area contributed by atoms with Crippen molar-refractivity contribution < 1.29 is 78.7 Å². The molecule has 0 aromatic heterocycles. The summed E-state index contributed by atoms with van der Waals surface area (Å²) in [7, 11) is -3.74. The van der Waals surface area contributed by atoms with Crippen LogP contribution in [0.2, 0.25) is 0 Å². The molecule has 1 atom stereocenters. The zero-order chi connectivity index (χ0) is 15.7. The number of methoxy groups -OCH3 is 1. The van der Waals surface area contributed by atoms with Crippen molar-refractivity contribution in [2.75, 3.05) is 13.7 Å². The summed E-state index contributed by atoms with van der Waals surface area (Å²) < 4.78 is 37.4. The Balaban J connectivity index is 0.00000242. The minimum absolute atomic E-state index is 0. The summed E-state index contributed by atoms with van der Waals surface area (Å²) in [5, 5.41) is 2.32. The SMILES string of the molecule is COC1(NC(=O)Cc2ccccc2)CN(S(=O)(=O)[O-])C1=O.[K+]. The predicted octanol–water partition coefficient (Wildman–Crippen LogP) is -4.01. The molecule has 8 nitrogen and oxygen atoms in total. The number of hydrogen-bond acceptors (Lipinski definition) is 6. The van der Waals surface area contributed by atoms with Gasteiger partial charge in [0, 0.05) is 7.11 Å². The maximum atomic E-state index is 11.9. The number of ether oxygens (including phenoxy) is 1. The number of nitrogens with zero attached hydrogens (tertiary/aromatic N) is 1. The summed E-state index contributed by atoms with van der Waals surface area (Å²) in [6.07, 6.45) is 0.00333. The van der Waals surface area contributed by atoms with Gasteiger partial charge in [0.2, 0.25) is 11.6 Å². The largest absolute Gasteiger partial charge is 1.00 e. The third-order valence-corrected chi connectivity index (χ3v) is 3.94. The van der Waals surface area contributed by atoms with E-state index in [4.69, 9.17) is 4.74 Å². The second-order valence-corrected chi connectivity index (χ2v) is 5.81. The van der Waals surface area contributed by atoms with Crippen molar-refractivity contribution in [3.05, 3.63) is 35.9 Å². The topological polar surface area (TPSA) is 116 Å². The van der Waals surface area contributed by atoms with E-state index >= 15 is 0 Å². The molecule has 0 aliphatic carbocycles. The molecule has 0 radical (unpaired) electrons. The third kappa shape index (κ3) is 4.14. The van der Waals surface area contributed by atoms with E-state index < -0.39 is 34.4 Å². The summed E-state index contributed by atoms with van der Waals surface area (Å²) in [5.41, 5.74) is -1.06. The number of nitrogens with one attached hydrogen (secondary N) is 1. The molecule has 0 saturated carbocycles. The van der Waals surface area contributed by atoms with Gasteiger partial charge in [-0.2, -0.15) is 0 Å². The second-order valence-electron chi connectivity index (χ2n) is 4.51. The minimum Gasteiger partial charge on any atom is -0.731 e. The third-order valence-electron chi connectivity index (χ3n) is 3.11.